The quantitative estimate of drug-likeness (QED) is 0.923. The maximum absolute atomic E-state index is 12.4. The summed E-state index contributed by atoms with van der Waals surface area (Å²) >= 11 is 0. The van der Waals surface area contributed by atoms with Crippen molar-refractivity contribution >= 4 is 5.91 Å². The van der Waals surface area contributed by atoms with Gasteiger partial charge in [0.25, 0.3) is 0 Å². The molecule has 1 amide bonds. The molecule has 1 aromatic rings. The fraction of sp³-hybridized carbons (Fsp3) is 0.500. The van der Waals surface area contributed by atoms with Crippen LogP contribution in [-0.2, 0) is 4.79 Å². The number of hydrogen-bond acceptors (Lipinski definition) is 3. The van der Waals surface area contributed by atoms with E-state index >= 15 is 0 Å². The molecular formula is C14H18F2N2O2. The first kappa shape index (κ1) is 14.7. The molecule has 1 saturated heterocycles. The van der Waals surface area contributed by atoms with Crippen molar-refractivity contribution in [2.75, 3.05) is 7.05 Å². The van der Waals surface area contributed by atoms with Crippen LogP contribution in [0.3, 0.4) is 0 Å². The molecule has 1 aromatic carbocycles. The number of carbonyl (C=O) groups is 1. The monoisotopic (exact) mass is 284 g/mol. The molecule has 0 aromatic heterocycles. The van der Waals surface area contributed by atoms with E-state index in [9.17, 15) is 13.6 Å². The van der Waals surface area contributed by atoms with Crippen LogP contribution < -0.4 is 10.1 Å². The van der Waals surface area contributed by atoms with E-state index < -0.39 is 12.8 Å². The summed E-state index contributed by atoms with van der Waals surface area (Å²) in [4.78, 5) is 13.7. The second-order valence-electron chi connectivity index (χ2n) is 5.16. The number of likely N-dealkylation sites (N-methyl/N-ethyl adjacent to an activating group) is 1. The van der Waals surface area contributed by atoms with Crippen molar-refractivity contribution in [3.63, 3.8) is 0 Å². The number of nitrogens with one attached hydrogen (secondary N) is 1. The lowest BCUT2D eigenvalue weighted by Gasteiger charge is -2.22. The zero-order valence-electron chi connectivity index (χ0n) is 11.6. The molecule has 110 valence electrons. The van der Waals surface area contributed by atoms with Gasteiger partial charge < -0.3 is 9.64 Å². The molecule has 0 saturated carbocycles. The Kier molecular flexibility index (Phi) is 4.23. The molecule has 0 radical (unpaired) electrons. The van der Waals surface area contributed by atoms with Crippen molar-refractivity contribution in [1.29, 1.82) is 0 Å². The number of alkyl halides is 2. The molecule has 1 aliphatic heterocycles. The van der Waals surface area contributed by atoms with Gasteiger partial charge >= 0.3 is 6.61 Å². The molecule has 2 atom stereocenters. The largest absolute Gasteiger partial charge is 0.434 e. The van der Waals surface area contributed by atoms with Crippen molar-refractivity contribution in [2.45, 2.75) is 32.7 Å². The smallest absolute Gasteiger partial charge is 0.387 e. The summed E-state index contributed by atoms with van der Waals surface area (Å²) in [5.41, 5.74) is 0.534. The molecule has 0 bridgehead atoms. The Morgan fingerprint density at radius 2 is 1.95 bits per heavy atom. The minimum absolute atomic E-state index is 0.0446. The maximum Gasteiger partial charge on any atom is 0.387 e. The average Bonchev–Trinajstić information content (AvgIpc) is 2.67. The minimum atomic E-state index is -2.89. The van der Waals surface area contributed by atoms with Crippen LogP contribution >= 0.6 is 0 Å². The van der Waals surface area contributed by atoms with E-state index in [1.54, 1.807) is 25.2 Å². The Hall–Kier alpha value is -1.69. The lowest BCUT2D eigenvalue weighted by atomic mass is 10.1. The van der Waals surface area contributed by atoms with E-state index in [2.05, 4.69) is 10.1 Å². The topological polar surface area (TPSA) is 41.6 Å². The number of rotatable bonds is 4. The molecule has 6 heteroatoms. The average molecular weight is 284 g/mol. The van der Waals surface area contributed by atoms with E-state index in [4.69, 9.17) is 0 Å². The van der Waals surface area contributed by atoms with Gasteiger partial charge in [0.15, 0.2) is 0 Å². The van der Waals surface area contributed by atoms with Crippen LogP contribution in [0, 0.1) is 5.92 Å². The first-order valence-electron chi connectivity index (χ1n) is 6.48. The first-order valence-corrected chi connectivity index (χ1v) is 6.48. The number of carbonyl (C=O) groups excluding carboxylic acids is 1. The third-order valence-corrected chi connectivity index (χ3v) is 3.43. The van der Waals surface area contributed by atoms with E-state index in [1.165, 1.54) is 11.0 Å². The Morgan fingerprint density at radius 1 is 1.30 bits per heavy atom. The summed E-state index contributed by atoms with van der Waals surface area (Å²) in [6.07, 6.45) is -0.454. The number of ether oxygens (including phenoxy) is 1. The number of hydrogen-bond donors (Lipinski definition) is 1. The zero-order chi connectivity index (χ0) is 14.9. The second-order valence-corrected chi connectivity index (χ2v) is 5.16. The van der Waals surface area contributed by atoms with E-state index in [0.29, 0.717) is 5.56 Å². The normalized spacial score (nSPS) is 22.9. The highest BCUT2D eigenvalue weighted by Gasteiger charge is 2.39. The summed E-state index contributed by atoms with van der Waals surface area (Å²) in [5.74, 6) is 0.166. The van der Waals surface area contributed by atoms with Crippen molar-refractivity contribution in [2.24, 2.45) is 5.92 Å². The first-order chi connectivity index (χ1) is 9.41. The summed E-state index contributed by atoms with van der Waals surface area (Å²) < 4.78 is 29.4. The molecule has 20 heavy (non-hydrogen) atoms. The van der Waals surface area contributed by atoms with Gasteiger partial charge in [-0.1, -0.05) is 32.0 Å². The van der Waals surface area contributed by atoms with E-state index in [0.717, 1.165) is 0 Å². The van der Waals surface area contributed by atoms with Gasteiger partial charge in [0.05, 0.1) is 6.04 Å². The number of amides is 1. The summed E-state index contributed by atoms with van der Waals surface area (Å²) in [6, 6.07) is 6.20. The molecule has 1 aliphatic rings. The van der Waals surface area contributed by atoms with Gasteiger partial charge in [-0.2, -0.15) is 8.78 Å². The molecule has 1 N–H and O–H groups in total. The molecular weight excluding hydrogens is 266 g/mol. The molecule has 1 heterocycles. The van der Waals surface area contributed by atoms with Crippen molar-refractivity contribution in [3.05, 3.63) is 29.8 Å². The van der Waals surface area contributed by atoms with Crippen LogP contribution in [0.25, 0.3) is 0 Å². The van der Waals surface area contributed by atoms with Gasteiger partial charge in [0, 0.05) is 12.6 Å². The van der Waals surface area contributed by atoms with Crippen molar-refractivity contribution < 1.29 is 18.3 Å². The highest BCUT2D eigenvalue weighted by molar-refractivity contribution is 5.84. The Morgan fingerprint density at radius 3 is 2.50 bits per heavy atom. The molecule has 2 unspecified atom stereocenters. The Labute approximate surface area is 116 Å². The Balaban J connectivity index is 2.30. The number of benzene rings is 1. The van der Waals surface area contributed by atoms with Crippen molar-refractivity contribution in [3.8, 4) is 5.75 Å². The lowest BCUT2D eigenvalue weighted by Crippen LogP contribution is -2.33. The fourth-order valence-electron chi connectivity index (χ4n) is 2.39. The predicted molar refractivity (Wildman–Crippen MR) is 70.3 cm³/mol. The van der Waals surface area contributed by atoms with E-state index in [1.807, 2.05) is 13.8 Å². The maximum atomic E-state index is 12.4. The van der Waals surface area contributed by atoms with Gasteiger partial charge in [0.2, 0.25) is 5.91 Å². The standard InChI is InChI=1S/C14H18F2N2O2/c1-8(2)11-13(19)18(3)12(17-11)9-6-4-5-7-10(9)20-14(15)16/h4-8,11-12,14,17H,1-3H3. The van der Waals surface area contributed by atoms with E-state index in [-0.39, 0.29) is 23.6 Å². The second kappa shape index (κ2) is 5.75. The van der Waals surface area contributed by atoms with Crippen LogP contribution in [-0.4, -0.2) is 30.5 Å². The van der Waals surface area contributed by atoms with Crippen LogP contribution in [0.5, 0.6) is 5.75 Å². The summed E-state index contributed by atoms with van der Waals surface area (Å²) in [7, 11) is 1.65. The van der Waals surface area contributed by atoms with Gasteiger partial charge in [-0.3, -0.25) is 10.1 Å². The molecule has 0 aliphatic carbocycles. The molecule has 2 rings (SSSR count). The van der Waals surface area contributed by atoms with Crippen LogP contribution in [0.4, 0.5) is 8.78 Å². The number of nitrogens with zero attached hydrogens (tertiary/aromatic N) is 1. The fourth-order valence-corrected chi connectivity index (χ4v) is 2.39. The third-order valence-electron chi connectivity index (χ3n) is 3.43. The van der Waals surface area contributed by atoms with Gasteiger partial charge in [-0.15, -0.1) is 0 Å². The minimum Gasteiger partial charge on any atom is -0.434 e. The number of halogens is 2. The van der Waals surface area contributed by atoms with Crippen LogP contribution in [0.2, 0.25) is 0 Å². The highest BCUT2D eigenvalue weighted by Crippen LogP contribution is 2.33. The highest BCUT2D eigenvalue weighted by atomic mass is 19.3. The SMILES string of the molecule is CC(C)C1NC(c2ccccc2OC(F)F)N(C)C1=O. The van der Waals surface area contributed by atoms with Gasteiger partial charge in [-0.25, -0.2) is 0 Å². The summed E-state index contributed by atoms with van der Waals surface area (Å²) in [6.45, 7) is 0.986. The van der Waals surface area contributed by atoms with Gasteiger partial charge in [0.1, 0.15) is 11.9 Å². The third kappa shape index (κ3) is 2.75. The van der Waals surface area contributed by atoms with Crippen molar-refractivity contribution in [1.82, 2.24) is 10.2 Å². The Bertz CT molecular complexity index is 494. The molecule has 0 spiro atoms. The van der Waals surface area contributed by atoms with Crippen LogP contribution in [0.15, 0.2) is 24.3 Å². The van der Waals surface area contributed by atoms with Gasteiger partial charge in [-0.05, 0) is 12.0 Å². The van der Waals surface area contributed by atoms with Crippen LogP contribution in [0.1, 0.15) is 25.6 Å². The predicted octanol–water partition coefficient (Wildman–Crippen LogP) is 2.37. The summed E-state index contributed by atoms with van der Waals surface area (Å²) in [5, 5.41) is 3.17. The molecule has 1 fully saturated rings. The lowest BCUT2D eigenvalue weighted by molar-refractivity contribution is -0.129. The molecule has 4 nitrogen and oxygen atoms in total. The zero-order valence-corrected chi connectivity index (χ0v) is 11.6. The number of para-hydroxylation sites is 1.